The van der Waals surface area contributed by atoms with Crippen LogP contribution in [0.15, 0.2) is 151 Å². The highest BCUT2D eigenvalue weighted by Crippen LogP contribution is 2.62. The van der Waals surface area contributed by atoms with Gasteiger partial charge in [-0.25, -0.2) is 9.59 Å². The summed E-state index contributed by atoms with van der Waals surface area (Å²) in [4.78, 5) is 111. The molecule has 12 atom stereocenters. The number of aromatic hydroxyl groups is 8. The van der Waals surface area contributed by atoms with Gasteiger partial charge in [-0.1, -0.05) is 51.3 Å². The summed E-state index contributed by atoms with van der Waals surface area (Å²) in [5, 5.41) is 159. The van der Waals surface area contributed by atoms with Crippen LogP contribution in [0.5, 0.6) is 80.5 Å². The molecule has 39 heteroatoms. The van der Waals surface area contributed by atoms with Crippen molar-refractivity contribution in [2.24, 2.45) is 10.7 Å². The van der Waals surface area contributed by atoms with Crippen LogP contribution in [0, 0.1) is 0 Å². The van der Waals surface area contributed by atoms with Crippen LogP contribution in [0.3, 0.4) is 0 Å². The molecule has 0 bridgehead atoms. The van der Waals surface area contributed by atoms with E-state index in [9.17, 15) is 114 Å². The second-order valence-corrected chi connectivity index (χ2v) is 34.2. The Kier molecular flexibility index (Phi) is 26.2. The van der Waals surface area contributed by atoms with Gasteiger partial charge < -0.3 is 135 Å². The number of hydrogen-bond acceptors (Lipinski definition) is 36. The van der Waals surface area contributed by atoms with E-state index in [2.05, 4.69) is 33.0 Å². The average Bonchev–Trinajstić information content (AvgIpc) is 1.70. The van der Waals surface area contributed by atoms with Gasteiger partial charge in [0.25, 0.3) is 0 Å². The van der Waals surface area contributed by atoms with E-state index in [1.165, 1.54) is 105 Å². The Morgan fingerprint density at radius 1 is 0.529 bits per heavy atom. The van der Waals surface area contributed by atoms with E-state index in [0.29, 0.717) is 61.8 Å². The zero-order valence-corrected chi connectivity index (χ0v) is 73.5. The molecule has 4 aliphatic carbocycles. The largest absolute Gasteiger partial charge is 0.508 e. The molecule has 2 saturated heterocycles. The number of thiocarbonyl (C=S) groups is 2. The Hall–Kier alpha value is -14.3. The highest BCUT2D eigenvalue weighted by atomic mass is 32.1. The number of nitrogens with two attached hydrogens (primary N) is 1. The molecule has 18 N–H and O–H groups in total. The molecule has 138 heavy (non-hydrogen) atoms. The SMILES string of the molecule is C.C.COc1cccc2c1C(=O)c1c(O)c3c(c(O)c1C2=O)C[C@@](O)(C(=O)CO)C[C@@H]3O[C@H]1C[C@H](N)[C@@H](O)[C@H](C)O1.COc1cccc2c1C(=O)c1c(O)c3c(c(O)c1C2=O)C[C@@](O)(C(=O)CO)C[C@@H]3O[C@H]1C[C@H](NC(=S)Nc2ccc3c(c2)C(=O)OC32c3ccc(O)cc3Oc3cc(O)ccc32)[C@@H](O)[C@H](C)O1.O=C1OC2(c3ccc(O)cc3Oc3cc(O)ccc32)c2ccc(N=C=S)cc21.[2H]CF. The lowest BCUT2D eigenvalue weighted by atomic mass is 9.72. The van der Waals surface area contributed by atoms with Crippen LogP contribution in [0.25, 0.3) is 0 Å². The molecule has 10 aliphatic rings. The number of nitrogens with one attached hydrogen (secondary N) is 2. The molecule has 6 heterocycles. The van der Waals surface area contributed by atoms with Crippen molar-refractivity contribution in [3.63, 3.8) is 0 Å². The predicted molar refractivity (Wildman–Crippen MR) is 490 cm³/mol. The summed E-state index contributed by atoms with van der Waals surface area (Å²) in [5.74, 6) is -8.19. The summed E-state index contributed by atoms with van der Waals surface area (Å²) >= 11 is 10.3. The van der Waals surface area contributed by atoms with E-state index >= 15 is 0 Å². The van der Waals surface area contributed by atoms with Crippen LogP contribution in [-0.4, -0.2) is 223 Å². The second kappa shape index (κ2) is 37.3. The van der Waals surface area contributed by atoms with E-state index in [-0.39, 0.29) is 129 Å². The summed E-state index contributed by atoms with van der Waals surface area (Å²) in [7, 11) is 1.63. The van der Waals surface area contributed by atoms with E-state index in [0.717, 1.165) is 0 Å². The summed E-state index contributed by atoms with van der Waals surface area (Å²) in [6.07, 6.45) is -11.4. The third-order valence-electron chi connectivity index (χ3n) is 25.8. The van der Waals surface area contributed by atoms with Gasteiger partial charge in [-0.3, -0.25) is 33.2 Å². The molecule has 0 unspecified atom stereocenters. The van der Waals surface area contributed by atoms with Crippen LogP contribution < -0.4 is 35.3 Å². The first kappa shape index (κ1) is 96.8. The molecule has 718 valence electrons. The van der Waals surface area contributed by atoms with Crippen molar-refractivity contribution in [3.8, 4) is 80.5 Å². The van der Waals surface area contributed by atoms with Gasteiger partial charge in [-0.15, -0.1) is 0 Å². The fraction of sp³-hybridized carbons (Fsp3) is 0.293. The summed E-state index contributed by atoms with van der Waals surface area (Å²) in [6, 6.07) is 35.0. The van der Waals surface area contributed by atoms with Crippen LogP contribution in [0.2, 0.25) is 0 Å². The topological polar surface area (TPSA) is 575 Å². The van der Waals surface area contributed by atoms with Gasteiger partial charge in [0, 0.05) is 141 Å². The number of methoxy groups -OCH3 is 2. The number of phenols is 8. The Morgan fingerprint density at radius 3 is 1.31 bits per heavy atom. The number of isothiocyanates is 1. The first-order valence-corrected chi connectivity index (χ1v) is 42.8. The number of benzene rings is 10. The molecule has 0 radical (unpaired) electrons. The van der Waals surface area contributed by atoms with E-state index in [4.69, 9.17) is 66.7 Å². The number of carbonyl (C=O) groups excluding carboxylic acids is 8. The molecule has 10 aromatic carbocycles. The molecule has 0 amide bonds. The number of halogens is 1. The number of ketones is 6. The van der Waals surface area contributed by atoms with Gasteiger partial charge in [-0.05, 0) is 123 Å². The lowest BCUT2D eigenvalue weighted by molar-refractivity contribution is -0.248. The average molecular weight is 1930 g/mol. The van der Waals surface area contributed by atoms with Gasteiger partial charge in [-0.2, -0.15) is 4.99 Å². The first-order chi connectivity index (χ1) is 65.3. The molecular formula is C99H91FN4O32S2. The molecule has 2 spiro atoms. The number of fused-ring (bicyclic) bond motifs is 18. The Balaban J connectivity index is 0.000000171. The summed E-state index contributed by atoms with van der Waals surface area (Å²) < 4.78 is 74.3. The van der Waals surface area contributed by atoms with Crippen LogP contribution in [0.4, 0.5) is 15.8 Å². The number of anilines is 1. The van der Waals surface area contributed by atoms with Crippen molar-refractivity contribution in [3.05, 3.63) is 257 Å². The first-order valence-electron chi connectivity index (χ1n) is 42.7. The van der Waals surface area contributed by atoms with Crippen LogP contribution in [-0.2, 0) is 62.1 Å². The molecule has 20 rings (SSSR count). The Labute approximate surface area is 795 Å². The molecular weight excluding hydrogens is 1840 g/mol. The lowest BCUT2D eigenvalue weighted by Gasteiger charge is -2.43. The molecule has 6 aliphatic heterocycles. The van der Waals surface area contributed by atoms with Gasteiger partial charge in [0.2, 0.25) is 11.6 Å². The summed E-state index contributed by atoms with van der Waals surface area (Å²) in [6.45, 7) is 1.02. The van der Waals surface area contributed by atoms with Gasteiger partial charge in [0.1, 0.15) is 111 Å². The number of aliphatic hydroxyl groups is 6. The lowest BCUT2D eigenvalue weighted by Crippen LogP contribution is -2.56. The highest BCUT2D eigenvalue weighted by Gasteiger charge is 2.58. The maximum Gasteiger partial charge on any atom is 0.340 e. The minimum atomic E-state index is -2.37. The summed E-state index contributed by atoms with van der Waals surface area (Å²) in [5.41, 5.74) is -0.0695. The maximum absolute atomic E-state index is 14.1. The smallest absolute Gasteiger partial charge is 0.340 e. The van der Waals surface area contributed by atoms with Crippen molar-refractivity contribution < 1.29 is 163 Å². The fourth-order valence-corrected chi connectivity index (χ4v) is 19.9. The number of rotatable bonds is 13. The number of Topliss-reactive ketones (excluding diaryl/α,β-unsaturated/α-hetero) is 2. The normalized spacial score (nSPS) is 23.2. The Bertz CT molecular complexity index is 6770. The minimum Gasteiger partial charge on any atom is -0.508 e. The maximum atomic E-state index is 14.1. The number of alkyl halides is 1. The van der Waals surface area contributed by atoms with E-state index in [1.54, 1.807) is 68.4 Å². The number of nitrogens with zero attached hydrogens (tertiary/aromatic N) is 1. The standard InChI is InChI=1S/C48H40N2O16S.C27H29NO11.C21H11NO5S.CH3F.2CH4/c1-19-40(55)29(50-46(67)49-20-6-9-26-24(12-20)45(60)66-48(26)27-10-7-21(52)13-31(27)64-32-14-22(53)8-11-28(32)48)15-35(63-19)65-33-17-47(61,34(54)18-51)16-25-37(33)44(59)39-38(42(25)57)41(56)23-4-3-5-30(62-2)36(23)43(39)58;1-10-22(31)13(28)6-17(38-10)39-15-8-27(36,16(30)9-29)7-12-19(15)26(35)21-20(24(12)33)23(32)11-4-3-5-14(37-2)18(11)25(21)34;23-12-2-5-16-18(8-12)26-19-9-13(24)3-6-17(19)21(16)15-4-1-11(22-10-28)7-14(15)20(25)27-21;1-2;;/h3-14,19,29,33,35,40,51-53,55,57,59,61H,15-18H2,1-2H3,(H2,49,50,67);3-5,10,13,15,17,22,29,31,33,35-36H,6-9,28H2,1-2H3;1-9,23-24H;1H3;2*1H4/t19-,29-,33-,35-,40-,47-;10-,13-,15-,17-,22-,27-;;;;/m00..../s1/i;;;1D;;. The van der Waals surface area contributed by atoms with E-state index < -0.39 is 222 Å². The number of aliphatic hydroxyl groups excluding tert-OH is 4. The number of ether oxygens (including phenoxy) is 10. The molecule has 10 aromatic rings. The van der Waals surface area contributed by atoms with Crippen molar-refractivity contribution in [1.82, 2.24) is 5.32 Å². The van der Waals surface area contributed by atoms with Gasteiger partial charge >= 0.3 is 11.9 Å². The van der Waals surface area contributed by atoms with Gasteiger partial charge in [0.15, 0.2) is 52.0 Å². The quantitative estimate of drug-likeness (QED) is 0.0221. The second-order valence-electron chi connectivity index (χ2n) is 33.6. The predicted octanol–water partition coefficient (Wildman–Crippen LogP) is 10.3. The third-order valence-corrected chi connectivity index (χ3v) is 26.2. The van der Waals surface area contributed by atoms with Crippen LogP contribution >= 0.6 is 24.4 Å². The molecule has 2 fully saturated rings. The number of hydrogen-bond donors (Lipinski definition) is 17. The third kappa shape index (κ3) is 16.0. The monoisotopic (exact) mass is 1930 g/mol. The van der Waals surface area contributed by atoms with Crippen molar-refractivity contribution in [1.29, 1.82) is 0 Å². The van der Waals surface area contributed by atoms with Crippen molar-refractivity contribution in [2.45, 2.75) is 151 Å². The molecule has 0 aromatic heterocycles. The molecule has 36 nitrogen and oxygen atoms in total. The van der Waals surface area contributed by atoms with Crippen LogP contribution in [0.1, 0.15) is 208 Å². The zero-order chi connectivity index (χ0) is 98.0. The number of phenolic OH excluding ortho intramolecular Hbond substituents is 8. The molecule has 0 saturated carbocycles. The van der Waals surface area contributed by atoms with Crippen molar-refractivity contribution >= 4 is 92.7 Å². The zero-order valence-electron chi connectivity index (χ0n) is 72.8. The Morgan fingerprint density at radius 2 is 0.913 bits per heavy atom. The minimum absolute atomic E-state index is 0. The van der Waals surface area contributed by atoms with Gasteiger partial charge in [0.05, 0.1) is 115 Å². The van der Waals surface area contributed by atoms with Crippen molar-refractivity contribution in [2.75, 3.05) is 39.9 Å². The number of carbonyl (C=O) groups is 8. The fourth-order valence-electron chi connectivity index (χ4n) is 19.5. The number of esters is 2. The number of aliphatic imine (C=N–C) groups is 1. The highest BCUT2D eigenvalue weighted by molar-refractivity contribution is 7.80. The van der Waals surface area contributed by atoms with E-state index in [1.807, 2.05) is 0 Å².